The average Bonchev–Trinajstić information content (AvgIpc) is 2.48. The van der Waals surface area contributed by atoms with E-state index in [2.05, 4.69) is 24.7 Å². The molecule has 0 bridgehead atoms. The summed E-state index contributed by atoms with van der Waals surface area (Å²) in [5.74, 6) is 9.28. The topological polar surface area (TPSA) is 29.5 Å². The predicted molar refractivity (Wildman–Crippen MR) is 84.5 cm³/mol. The molecule has 0 atom stereocenters. The van der Waals surface area contributed by atoms with Gasteiger partial charge in [0.15, 0.2) is 0 Å². The van der Waals surface area contributed by atoms with Crippen molar-refractivity contribution in [1.82, 2.24) is 4.90 Å². The number of hydrogen-bond donors (Lipinski definition) is 0. The Kier molecular flexibility index (Phi) is 7.72. The lowest BCUT2D eigenvalue weighted by Gasteiger charge is -2.42. The van der Waals surface area contributed by atoms with Crippen LogP contribution in [0.1, 0.15) is 33.1 Å². The molecule has 0 aromatic rings. The van der Waals surface area contributed by atoms with E-state index in [9.17, 15) is 4.79 Å². The number of carbonyl (C=O) groups is 1. The van der Waals surface area contributed by atoms with E-state index in [0.29, 0.717) is 26.2 Å². The van der Waals surface area contributed by atoms with Crippen LogP contribution >= 0.6 is 0 Å². The number of rotatable bonds is 5. The lowest BCUT2D eigenvalue weighted by Crippen LogP contribution is -2.60. The fourth-order valence-corrected chi connectivity index (χ4v) is 2.43. The molecule has 1 amide bonds. The van der Waals surface area contributed by atoms with Gasteiger partial charge in [-0.1, -0.05) is 19.3 Å². The summed E-state index contributed by atoms with van der Waals surface area (Å²) in [6, 6.07) is 0. The summed E-state index contributed by atoms with van der Waals surface area (Å²) in [4.78, 5) is 13.5. The SMILES string of the molecule is C#CC[N+]1(CC#CCCCC)CCN(C(=O)OCC)CC1. The maximum atomic E-state index is 11.7. The molecule has 0 aliphatic carbocycles. The third kappa shape index (κ3) is 5.69. The van der Waals surface area contributed by atoms with Crippen LogP contribution in [0.15, 0.2) is 0 Å². The zero-order valence-electron chi connectivity index (χ0n) is 13.4. The molecule has 0 radical (unpaired) electrons. The summed E-state index contributed by atoms with van der Waals surface area (Å²) in [6.07, 6.45) is 8.59. The second-order valence-corrected chi connectivity index (χ2v) is 5.45. The first-order chi connectivity index (χ1) is 10.2. The molecule has 0 aromatic heterocycles. The monoisotopic (exact) mass is 291 g/mol. The molecule has 4 heteroatoms. The van der Waals surface area contributed by atoms with E-state index >= 15 is 0 Å². The van der Waals surface area contributed by atoms with Crippen LogP contribution in [-0.2, 0) is 4.74 Å². The van der Waals surface area contributed by atoms with Crippen molar-refractivity contribution >= 4 is 6.09 Å². The number of carbonyl (C=O) groups excluding carboxylic acids is 1. The molecule has 21 heavy (non-hydrogen) atoms. The van der Waals surface area contributed by atoms with Gasteiger partial charge >= 0.3 is 6.09 Å². The van der Waals surface area contributed by atoms with Crippen LogP contribution in [0.25, 0.3) is 0 Å². The average molecular weight is 291 g/mol. The summed E-state index contributed by atoms with van der Waals surface area (Å²) in [6.45, 7) is 8.96. The zero-order chi connectivity index (χ0) is 15.6. The van der Waals surface area contributed by atoms with Crippen molar-refractivity contribution in [3.63, 3.8) is 0 Å². The van der Waals surface area contributed by atoms with Gasteiger partial charge in [0, 0.05) is 6.42 Å². The minimum atomic E-state index is -0.218. The van der Waals surface area contributed by atoms with Gasteiger partial charge in [-0.3, -0.25) is 4.90 Å². The lowest BCUT2D eigenvalue weighted by atomic mass is 10.2. The zero-order valence-corrected chi connectivity index (χ0v) is 13.4. The number of ether oxygens (including phenoxy) is 1. The molecule has 0 spiro atoms. The smallest absolute Gasteiger partial charge is 0.410 e. The molecule has 0 N–H and O–H groups in total. The maximum Gasteiger partial charge on any atom is 0.410 e. The third-order valence-electron chi connectivity index (χ3n) is 3.84. The van der Waals surface area contributed by atoms with E-state index < -0.39 is 0 Å². The second kappa shape index (κ2) is 9.32. The summed E-state index contributed by atoms with van der Waals surface area (Å²) in [7, 11) is 0. The molecule has 1 aliphatic heterocycles. The van der Waals surface area contributed by atoms with Crippen LogP contribution in [0.3, 0.4) is 0 Å². The van der Waals surface area contributed by atoms with Gasteiger partial charge in [0.25, 0.3) is 0 Å². The highest BCUT2D eigenvalue weighted by atomic mass is 16.6. The standard InChI is InChI=1S/C17H27N2O2/c1-4-7-8-9-10-14-19(13-5-2)15-11-18(12-16-19)17(20)21-6-3/h2H,4,6-8,11-16H2,1,3H3/q+1. The Bertz CT molecular complexity index is 420. The number of terminal acetylenes is 1. The number of unbranched alkanes of at least 4 members (excludes halogenated alkanes) is 2. The first kappa shape index (κ1) is 17.4. The highest BCUT2D eigenvalue weighted by molar-refractivity contribution is 5.67. The van der Waals surface area contributed by atoms with E-state index in [1.165, 1.54) is 6.42 Å². The number of amides is 1. The van der Waals surface area contributed by atoms with Gasteiger partial charge in [-0.15, -0.1) is 6.42 Å². The predicted octanol–water partition coefficient (Wildman–Crippen LogP) is 2.10. The number of hydrogen-bond acceptors (Lipinski definition) is 2. The summed E-state index contributed by atoms with van der Waals surface area (Å²) >= 11 is 0. The Morgan fingerprint density at radius 3 is 2.52 bits per heavy atom. The van der Waals surface area contributed by atoms with Crippen LogP contribution in [-0.4, -0.2) is 61.4 Å². The number of nitrogens with zero attached hydrogens (tertiary/aromatic N) is 2. The fourth-order valence-electron chi connectivity index (χ4n) is 2.43. The molecular formula is C17H27N2O2+. The van der Waals surface area contributed by atoms with Crippen LogP contribution in [0.2, 0.25) is 0 Å². The van der Waals surface area contributed by atoms with E-state index in [-0.39, 0.29) is 6.09 Å². The molecule has 1 fully saturated rings. The van der Waals surface area contributed by atoms with Crippen LogP contribution in [0.5, 0.6) is 0 Å². The Hall–Kier alpha value is -1.65. The molecule has 1 rings (SSSR count). The van der Waals surface area contributed by atoms with Crippen molar-refractivity contribution in [2.24, 2.45) is 0 Å². The Labute approximate surface area is 129 Å². The molecule has 4 nitrogen and oxygen atoms in total. The highest BCUT2D eigenvalue weighted by Gasteiger charge is 2.33. The normalized spacial score (nSPS) is 16.5. The van der Waals surface area contributed by atoms with Crippen molar-refractivity contribution in [3.05, 3.63) is 0 Å². The van der Waals surface area contributed by atoms with Crippen molar-refractivity contribution in [1.29, 1.82) is 0 Å². The molecule has 0 saturated carbocycles. The van der Waals surface area contributed by atoms with Gasteiger partial charge in [-0.2, -0.15) is 0 Å². The van der Waals surface area contributed by atoms with Crippen LogP contribution in [0, 0.1) is 24.2 Å². The quantitative estimate of drug-likeness (QED) is 0.441. The first-order valence-electron chi connectivity index (χ1n) is 7.83. The van der Waals surface area contributed by atoms with E-state index in [1.807, 2.05) is 6.92 Å². The molecule has 1 heterocycles. The van der Waals surface area contributed by atoms with Gasteiger partial charge in [-0.25, -0.2) is 4.79 Å². The second-order valence-electron chi connectivity index (χ2n) is 5.45. The summed E-state index contributed by atoms with van der Waals surface area (Å²) in [5, 5.41) is 0. The molecular weight excluding hydrogens is 264 g/mol. The molecule has 0 unspecified atom stereocenters. The molecule has 1 aliphatic rings. The number of quaternary nitrogens is 1. The summed E-state index contributed by atoms with van der Waals surface area (Å²) < 4.78 is 5.84. The summed E-state index contributed by atoms with van der Waals surface area (Å²) in [5.41, 5.74) is 0. The maximum absolute atomic E-state index is 11.7. The lowest BCUT2D eigenvalue weighted by molar-refractivity contribution is -0.918. The van der Waals surface area contributed by atoms with Gasteiger partial charge in [0.05, 0.1) is 32.8 Å². The highest BCUT2D eigenvalue weighted by Crippen LogP contribution is 2.13. The minimum Gasteiger partial charge on any atom is -0.450 e. The van der Waals surface area contributed by atoms with E-state index in [1.54, 1.807) is 4.90 Å². The van der Waals surface area contributed by atoms with Gasteiger partial charge in [-0.05, 0) is 25.2 Å². The van der Waals surface area contributed by atoms with E-state index in [0.717, 1.165) is 37.0 Å². The fraction of sp³-hybridized carbons (Fsp3) is 0.706. The van der Waals surface area contributed by atoms with Gasteiger partial charge in [0.1, 0.15) is 13.1 Å². The molecule has 116 valence electrons. The van der Waals surface area contributed by atoms with Gasteiger partial charge < -0.3 is 9.22 Å². The van der Waals surface area contributed by atoms with Crippen molar-refractivity contribution < 1.29 is 14.0 Å². The Morgan fingerprint density at radius 2 is 1.95 bits per heavy atom. The van der Waals surface area contributed by atoms with Crippen molar-refractivity contribution in [3.8, 4) is 24.2 Å². The van der Waals surface area contributed by atoms with E-state index in [4.69, 9.17) is 11.2 Å². The van der Waals surface area contributed by atoms with Crippen molar-refractivity contribution in [2.75, 3.05) is 45.9 Å². The Morgan fingerprint density at radius 1 is 1.24 bits per heavy atom. The van der Waals surface area contributed by atoms with Crippen LogP contribution < -0.4 is 0 Å². The largest absolute Gasteiger partial charge is 0.450 e. The van der Waals surface area contributed by atoms with Gasteiger partial charge in [0.2, 0.25) is 0 Å². The number of piperazine rings is 1. The third-order valence-corrected chi connectivity index (χ3v) is 3.84. The Balaban J connectivity index is 2.53. The van der Waals surface area contributed by atoms with Crippen molar-refractivity contribution in [2.45, 2.75) is 33.1 Å². The molecule has 1 saturated heterocycles. The molecule has 0 aromatic carbocycles. The van der Waals surface area contributed by atoms with Crippen LogP contribution in [0.4, 0.5) is 4.79 Å². The first-order valence-corrected chi connectivity index (χ1v) is 7.83. The minimum absolute atomic E-state index is 0.218.